The molecule has 28 heavy (non-hydrogen) atoms. The fourth-order valence-electron chi connectivity index (χ4n) is 3.27. The summed E-state index contributed by atoms with van der Waals surface area (Å²) in [7, 11) is 1.89. The minimum Gasteiger partial charge on any atom is -0.444 e. The number of carbonyl (C=O) groups is 1. The molecule has 2 aromatic rings. The van der Waals surface area contributed by atoms with Crippen molar-refractivity contribution in [1.82, 2.24) is 9.88 Å². The lowest BCUT2D eigenvalue weighted by molar-refractivity contribution is -0.384. The van der Waals surface area contributed by atoms with Crippen molar-refractivity contribution in [3.05, 3.63) is 28.3 Å². The Morgan fingerprint density at radius 2 is 2.07 bits per heavy atom. The summed E-state index contributed by atoms with van der Waals surface area (Å²) in [4.78, 5) is 30.7. The van der Waals surface area contributed by atoms with E-state index in [1.165, 1.54) is 12.1 Å². The SMILES string of the molecule is CN(CC1CCN(C(=O)OC(C)(C)C)CC1)c1nc2cc([N+](=O)[O-])ccc2o1. The summed E-state index contributed by atoms with van der Waals surface area (Å²) in [6.45, 7) is 7.64. The van der Waals surface area contributed by atoms with Crippen LogP contribution in [0.15, 0.2) is 22.6 Å². The van der Waals surface area contributed by atoms with Crippen LogP contribution < -0.4 is 4.90 Å². The molecule has 152 valence electrons. The Hall–Kier alpha value is -2.84. The van der Waals surface area contributed by atoms with Gasteiger partial charge in [0.15, 0.2) is 5.58 Å². The summed E-state index contributed by atoms with van der Waals surface area (Å²) in [6, 6.07) is 4.82. The summed E-state index contributed by atoms with van der Waals surface area (Å²) >= 11 is 0. The number of carbonyl (C=O) groups excluding carboxylic acids is 1. The number of benzene rings is 1. The van der Waals surface area contributed by atoms with Crippen molar-refractivity contribution >= 4 is 28.9 Å². The number of anilines is 1. The van der Waals surface area contributed by atoms with Gasteiger partial charge < -0.3 is 19.0 Å². The molecule has 1 fully saturated rings. The first-order valence-corrected chi connectivity index (χ1v) is 9.36. The van der Waals surface area contributed by atoms with Gasteiger partial charge in [0, 0.05) is 38.8 Å². The first-order valence-electron chi connectivity index (χ1n) is 9.36. The molecule has 0 unspecified atom stereocenters. The molecule has 9 nitrogen and oxygen atoms in total. The minimum atomic E-state index is -0.490. The molecular formula is C19H26N4O5. The molecule has 1 amide bonds. The van der Waals surface area contributed by atoms with E-state index < -0.39 is 10.5 Å². The molecule has 0 bridgehead atoms. The number of piperidine rings is 1. The minimum absolute atomic E-state index is 0.00971. The second-order valence-electron chi connectivity index (χ2n) is 8.20. The van der Waals surface area contributed by atoms with Crippen LogP contribution in [0.5, 0.6) is 0 Å². The van der Waals surface area contributed by atoms with Gasteiger partial charge in [0.2, 0.25) is 0 Å². The van der Waals surface area contributed by atoms with E-state index in [9.17, 15) is 14.9 Å². The predicted molar refractivity (Wildman–Crippen MR) is 104 cm³/mol. The Bertz CT molecular complexity index is 865. The Kier molecular flexibility index (Phi) is 5.44. The normalized spacial score (nSPS) is 15.6. The van der Waals surface area contributed by atoms with Gasteiger partial charge in [0.05, 0.1) is 4.92 Å². The molecule has 2 heterocycles. The van der Waals surface area contributed by atoms with Gasteiger partial charge in [-0.05, 0) is 45.6 Å². The van der Waals surface area contributed by atoms with E-state index in [0.717, 1.165) is 19.4 Å². The van der Waals surface area contributed by atoms with E-state index in [1.54, 1.807) is 11.0 Å². The zero-order valence-electron chi connectivity index (χ0n) is 16.7. The van der Waals surface area contributed by atoms with Gasteiger partial charge in [0.25, 0.3) is 11.7 Å². The topological polar surface area (TPSA) is 102 Å². The van der Waals surface area contributed by atoms with Crippen LogP contribution in [0.1, 0.15) is 33.6 Å². The van der Waals surface area contributed by atoms with E-state index in [-0.39, 0.29) is 11.8 Å². The van der Waals surface area contributed by atoms with Crippen LogP contribution in [-0.2, 0) is 4.74 Å². The largest absolute Gasteiger partial charge is 0.444 e. The first kappa shape index (κ1) is 19.9. The van der Waals surface area contributed by atoms with Gasteiger partial charge in [-0.1, -0.05) is 0 Å². The summed E-state index contributed by atoms with van der Waals surface area (Å²) < 4.78 is 11.2. The van der Waals surface area contributed by atoms with Crippen molar-refractivity contribution in [2.24, 2.45) is 5.92 Å². The molecule has 1 aromatic heterocycles. The van der Waals surface area contributed by atoms with Crippen LogP contribution in [0.3, 0.4) is 0 Å². The molecule has 9 heteroatoms. The predicted octanol–water partition coefficient (Wildman–Crippen LogP) is 3.82. The smallest absolute Gasteiger partial charge is 0.410 e. The molecule has 0 radical (unpaired) electrons. The molecule has 0 N–H and O–H groups in total. The van der Waals surface area contributed by atoms with Gasteiger partial charge in [-0.2, -0.15) is 4.98 Å². The molecule has 3 rings (SSSR count). The maximum absolute atomic E-state index is 12.2. The van der Waals surface area contributed by atoms with Crippen LogP contribution in [0.25, 0.3) is 11.1 Å². The number of fused-ring (bicyclic) bond motifs is 1. The van der Waals surface area contributed by atoms with E-state index in [4.69, 9.17) is 9.15 Å². The molecular weight excluding hydrogens is 364 g/mol. The van der Waals surface area contributed by atoms with Gasteiger partial charge in [-0.15, -0.1) is 0 Å². The van der Waals surface area contributed by atoms with Crippen LogP contribution in [0.2, 0.25) is 0 Å². The summed E-state index contributed by atoms with van der Waals surface area (Å²) in [6.07, 6.45) is 1.48. The van der Waals surface area contributed by atoms with Crippen molar-refractivity contribution in [1.29, 1.82) is 0 Å². The maximum Gasteiger partial charge on any atom is 0.410 e. The Morgan fingerprint density at radius 3 is 2.68 bits per heavy atom. The first-order chi connectivity index (χ1) is 13.1. The van der Waals surface area contributed by atoms with Gasteiger partial charge in [-0.25, -0.2) is 4.79 Å². The second kappa shape index (κ2) is 7.65. The van der Waals surface area contributed by atoms with E-state index in [0.29, 0.717) is 36.1 Å². The standard InChI is InChI=1S/C19H26N4O5/c1-19(2,3)28-18(24)22-9-7-13(8-10-22)12-21(4)17-20-15-11-14(23(25)26)5-6-16(15)27-17/h5-6,11,13H,7-10,12H2,1-4H3. The molecule has 0 spiro atoms. The quantitative estimate of drug-likeness (QED) is 0.577. The maximum atomic E-state index is 12.2. The molecule has 1 aliphatic rings. The molecule has 0 atom stereocenters. The third kappa shape index (κ3) is 4.71. The van der Waals surface area contributed by atoms with E-state index in [2.05, 4.69) is 4.98 Å². The number of likely N-dealkylation sites (tertiary alicyclic amines) is 1. The fraction of sp³-hybridized carbons (Fsp3) is 0.579. The van der Waals surface area contributed by atoms with Crippen LogP contribution in [0.4, 0.5) is 16.5 Å². The van der Waals surface area contributed by atoms with Crippen LogP contribution >= 0.6 is 0 Å². The van der Waals surface area contributed by atoms with Crippen molar-refractivity contribution in [3.8, 4) is 0 Å². The lowest BCUT2D eigenvalue weighted by Gasteiger charge is -2.34. The molecule has 1 aliphatic heterocycles. The van der Waals surface area contributed by atoms with Crippen molar-refractivity contribution in [2.75, 3.05) is 31.6 Å². The van der Waals surface area contributed by atoms with Gasteiger partial charge >= 0.3 is 6.09 Å². The average Bonchev–Trinajstić information content (AvgIpc) is 3.04. The van der Waals surface area contributed by atoms with Crippen molar-refractivity contribution in [2.45, 2.75) is 39.2 Å². The Morgan fingerprint density at radius 1 is 1.39 bits per heavy atom. The van der Waals surface area contributed by atoms with Gasteiger partial charge in [-0.3, -0.25) is 10.1 Å². The van der Waals surface area contributed by atoms with Crippen LogP contribution in [-0.4, -0.2) is 53.2 Å². The molecule has 0 aliphatic carbocycles. The lowest BCUT2D eigenvalue weighted by Crippen LogP contribution is -2.43. The average molecular weight is 390 g/mol. The zero-order chi connectivity index (χ0) is 20.5. The van der Waals surface area contributed by atoms with E-state index >= 15 is 0 Å². The number of rotatable bonds is 4. The van der Waals surface area contributed by atoms with E-state index in [1.807, 2.05) is 32.7 Å². The lowest BCUT2D eigenvalue weighted by atomic mass is 9.96. The second-order valence-corrected chi connectivity index (χ2v) is 8.20. The third-order valence-corrected chi connectivity index (χ3v) is 4.70. The highest BCUT2D eigenvalue weighted by molar-refractivity contribution is 5.77. The fourth-order valence-corrected chi connectivity index (χ4v) is 3.27. The number of non-ortho nitro benzene ring substituents is 1. The van der Waals surface area contributed by atoms with Crippen molar-refractivity contribution in [3.63, 3.8) is 0 Å². The number of ether oxygens (including phenoxy) is 1. The van der Waals surface area contributed by atoms with Crippen molar-refractivity contribution < 1.29 is 18.9 Å². The third-order valence-electron chi connectivity index (χ3n) is 4.70. The van der Waals surface area contributed by atoms with Gasteiger partial charge in [0.1, 0.15) is 11.1 Å². The highest BCUT2D eigenvalue weighted by Crippen LogP contribution is 2.27. The monoisotopic (exact) mass is 390 g/mol. The number of hydrogen-bond acceptors (Lipinski definition) is 7. The number of nitro groups is 1. The number of amides is 1. The number of nitro benzene ring substituents is 1. The highest BCUT2D eigenvalue weighted by Gasteiger charge is 2.28. The number of aromatic nitrogens is 1. The summed E-state index contributed by atoms with van der Waals surface area (Å²) in [5.41, 5.74) is 0.489. The van der Waals surface area contributed by atoms with Crippen LogP contribution in [0, 0.1) is 16.0 Å². The summed E-state index contributed by atoms with van der Waals surface area (Å²) in [5, 5.41) is 10.9. The highest BCUT2D eigenvalue weighted by atomic mass is 16.6. The molecule has 1 saturated heterocycles. The number of nitrogens with zero attached hydrogens (tertiary/aromatic N) is 4. The number of hydrogen-bond donors (Lipinski definition) is 0. The number of oxazole rings is 1. The molecule has 1 aromatic carbocycles. The summed E-state index contributed by atoms with van der Waals surface area (Å²) in [5.74, 6) is 0.396. The molecule has 0 saturated carbocycles. The Balaban J connectivity index is 1.57. The Labute approximate surface area is 163 Å². The zero-order valence-corrected chi connectivity index (χ0v) is 16.7.